The number of aromatic nitrogens is 1. The second kappa shape index (κ2) is 8.45. The Labute approximate surface area is 196 Å². The van der Waals surface area contributed by atoms with Gasteiger partial charge in [0.05, 0.1) is 36.9 Å². The van der Waals surface area contributed by atoms with E-state index in [2.05, 4.69) is 15.0 Å². The van der Waals surface area contributed by atoms with Crippen LogP contribution < -0.4 is 13.8 Å². The van der Waals surface area contributed by atoms with Crippen LogP contribution in [-0.4, -0.2) is 45.8 Å². The maximum absolute atomic E-state index is 13.4. The summed E-state index contributed by atoms with van der Waals surface area (Å²) in [4.78, 5) is 20.4. The van der Waals surface area contributed by atoms with Gasteiger partial charge >= 0.3 is 5.97 Å². The number of methoxy groups -OCH3 is 2. The van der Waals surface area contributed by atoms with Crippen LogP contribution >= 0.6 is 0 Å². The Kier molecular flexibility index (Phi) is 5.45. The molecule has 5 rings (SSSR count). The van der Waals surface area contributed by atoms with Crippen molar-refractivity contribution in [3.05, 3.63) is 65.7 Å². The van der Waals surface area contributed by atoms with Gasteiger partial charge in [0.1, 0.15) is 0 Å². The smallest absolute Gasteiger partial charge is 0.341 e. The molecule has 1 aromatic heterocycles. The van der Waals surface area contributed by atoms with E-state index >= 15 is 0 Å². The third-order valence-corrected chi connectivity index (χ3v) is 7.65. The minimum atomic E-state index is -3.76. The van der Waals surface area contributed by atoms with Crippen LogP contribution in [0.2, 0.25) is 0 Å². The fourth-order valence-electron chi connectivity index (χ4n) is 4.11. The van der Waals surface area contributed by atoms with Crippen molar-refractivity contribution >= 4 is 27.4 Å². The highest BCUT2D eigenvalue weighted by atomic mass is 32.2. The van der Waals surface area contributed by atoms with E-state index in [-0.39, 0.29) is 11.3 Å². The minimum Gasteiger partial charge on any atom is -0.481 e. The molecular weight excluding hydrogens is 458 g/mol. The average molecular weight is 480 g/mol. The lowest BCUT2D eigenvalue weighted by Crippen LogP contribution is -2.29. The first-order chi connectivity index (χ1) is 16.4. The molecule has 2 aromatic carbocycles. The van der Waals surface area contributed by atoms with E-state index in [0.717, 1.165) is 16.7 Å². The Bertz CT molecular complexity index is 1420. The molecule has 0 saturated carbocycles. The number of hydrogen-bond acceptors (Lipinski definition) is 8. The first-order valence-electron chi connectivity index (χ1n) is 10.5. The van der Waals surface area contributed by atoms with Crippen molar-refractivity contribution < 1.29 is 27.5 Å². The molecule has 9 nitrogen and oxygen atoms in total. The lowest BCUT2D eigenvalue weighted by Gasteiger charge is -2.20. The molecule has 0 fully saturated rings. The number of carbonyl (C=O) groups is 1. The number of oxime groups is 1. The van der Waals surface area contributed by atoms with Gasteiger partial charge in [-0.25, -0.2) is 13.2 Å². The van der Waals surface area contributed by atoms with Crippen molar-refractivity contribution in [3.63, 3.8) is 0 Å². The largest absolute Gasteiger partial charge is 0.481 e. The zero-order valence-electron chi connectivity index (χ0n) is 18.5. The van der Waals surface area contributed by atoms with E-state index in [1.807, 2.05) is 24.3 Å². The molecule has 2 aliphatic heterocycles. The molecule has 0 unspecified atom stereocenters. The molecule has 0 atom stereocenters. The monoisotopic (exact) mass is 479 g/mol. The molecule has 0 radical (unpaired) electrons. The molecule has 0 amide bonds. The van der Waals surface area contributed by atoms with Gasteiger partial charge in [0.15, 0.2) is 0 Å². The van der Waals surface area contributed by atoms with Crippen molar-refractivity contribution in [3.8, 4) is 22.9 Å². The highest BCUT2D eigenvalue weighted by molar-refractivity contribution is 7.92. The van der Waals surface area contributed by atoms with Crippen molar-refractivity contribution in [2.45, 2.75) is 17.7 Å². The van der Waals surface area contributed by atoms with E-state index in [4.69, 9.17) is 9.47 Å². The number of sulfonamides is 1. The Morgan fingerprint density at radius 2 is 1.74 bits per heavy atom. The molecular formula is C24H21N3O6S. The minimum absolute atomic E-state index is 0.0719. The van der Waals surface area contributed by atoms with Gasteiger partial charge in [-0.3, -0.25) is 4.31 Å². The molecule has 0 spiro atoms. The van der Waals surface area contributed by atoms with Crippen molar-refractivity contribution in [2.24, 2.45) is 5.16 Å². The fourth-order valence-corrected chi connectivity index (χ4v) is 5.61. The van der Waals surface area contributed by atoms with Crippen LogP contribution in [-0.2, 0) is 26.1 Å². The maximum atomic E-state index is 13.4. The average Bonchev–Trinajstić information content (AvgIpc) is 3.50. The van der Waals surface area contributed by atoms with E-state index in [1.165, 1.54) is 23.5 Å². The molecule has 0 N–H and O–H groups in total. The number of hydrogen-bond donors (Lipinski definition) is 0. The van der Waals surface area contributed by atoms with Crippen LogP contribution in [0.15, 0.2) is 64.6 Å². The summed E-state index contributed by atoms with van der Waals surface area (Å²) in [6.45, 7) is 0.343. The third kappa shape index (κ3) is 3.75. The van der Waals surface area contributed by atoms with Crippen molar-refractivity contribution in [1.82, 2.24) is 4.98 Å². The first-order valence-corrected chi connectivity index (χ1v) is 12.0. The highest BCUT2D eigenvalue weighted by Gasteiger charge is 2.31. The lowest BCUT2D eigenvalue weighted by molar-refractivity contribution is -0.140. The summed E-state index contributed by atoms with van der Waals surface area (Å²) >= 11 is 0. The van der Waals surface area contributed by atoms with Crippen molar-refractivity contribution in [1.29, 1.82) is 0 Å². The van der Waals surface area contributed by atoms with Gasteiger partial charge < -0.3 is 14.3 Å². The van der Waals surface area contributed by atoms with E-state index < -0.39 is 16.0 Å². The number of pyridine rings is 1. The molecule has 174 valence electrons. The summed E-state index contributed by atoms with van der Waals surface area (Å²) in [5, 5.41) is 3.73. The van der Waals surface area contributed by atoms with E-state index in [1.54, 1.807) is 25.3 Å². The van der Waals surface area contributed by atoms with Gasteiger partial charge in [0.25, 0.3) is 10.0 Å². The second-order valence-corrected chi connectivity index (χ2v) is 9.65. The number of benzene rings is 2. The first kappa shape index (κ1) is 21.9. The summed E-state index contributed by atoms with van der Waals surface area (Å²) in [5.74, 6) is 0.452. The topological polar surface area (TPSA) is 107 Å². The van der Waals surface area contributed by atoms with Crippen molar-refractivity contribution in [2.75, 3.05) is 25.1 Å². The molecule has 0 saturated heterocycles. The Morgan fingerprint density at radius 1 is 0.971 bits per heavy atom. The third-order valence-electron chi connectivity index (χ3n) is 5.83. The number of fused-ring (bicyclic) bond motifs is 1. The van der Waals surface area contributed by atoms with Crippen LogP contribution in [0.1, 0.15) is 17.5 Å². The fraction of sp³-hybridized carbons (Fsp3) is 0.208. The normalized spacial score (nSPS) is 15.1. The molecule has 3 aromatic rings. The Balaban J connectivity index is 1.43. The molecule has 34 heavy (non-hydrogen) atoms. The highest BCUT2D eigenvalue weighted by Crippen LogP contribution is 2.38. The quantitative estimate of drug-likeness (QED) is 0.500. The lowest BCUT2D eigenvalue weighted by atomic mass is 10.0. The zero-order valence-corrected chi connectivity index (χ0v) is 19.3. The number of rotatable bonds is 6. The van der Waals surface area contributed by atoms with Gasteiger partial charge in [-0.15, -0.1) is 0 Å². The predicted molar refractivity (Wildman–Crippen MR) is 125 cm³/mol. The number of anilines is 1. The standard InChI is InChI=1S/C24H21N3O6S/c1-31-22-10-8-19(24(25-22)32-2)16-5-9-21-17(13-16)11-12-27(21)34(29,30)18-6-3-15(4-7-18)20-14-23(28)33-26-20/h3-10,13H,11-12,14H2,1-2H3. The SMILES string of the molecule is COc1ccc(-c2ccc3c(c2)CCN3S(=O)(=O)c2ccc(C3=NOC(=O)C3)cc2)c(OC)n1. The molecule has 0 aliphatic carbocycles. The summed E-state index contributed by atoms with van der Waals surface area (Å²) in [7, 11) is -0.677. The van der Waals surface area contributed by atoms with E-state index in [0.29, 0.717) is 41.7 Å². The Morgan fingerprint density at radius 3 is 2.41 bits per heavy atom. The van der Waals surface area contributed by atoms with Crippen LogP contribution in [0.5, 0.6) is 11.8 Å². The number of ether oxygens (including phenoxy) is 2. The van der Waals surface area contributed by atoms with Gasteiger partial charge in [-0.1, -0.05) is 23.4 Å². The van der Waals surface area contributed by atoms with Gasteiger partial charge in [-0.2, -0.15) is 4.98 Å². The van der Waals surface area contributed by atoms with Gasteiger partial charge in [-0.05, 0) is 47.9 Å². The Hall–Kier alpha value is -3.92. The molecule has 0 bridgehead atoms. The maximum Gasteiger partial charge on any atom is 0.341 e. The number of nitrogens with zero attached hydrogens (tertiary/aromatic N) is 3. The van der Waals surface area contributed by atoms with Gasteiger partial charge in [0.2, 0.25) is 11.8 Å². The molecule has 3 heterocycles. The zero-order chi connectivity index (χ0) is 23.9. The molecule has 10 heteroatoms. The molecule has 2 aliphatic rings. The summed E-state index contributed by atoms with van der Waals surface area (Å²) < 4.78 is 38.8. The summed E-state index contributed by atoms with van der Waals surface area (Å²) in [6, 6.07) is 15.6. The summed E-state index contributed by atoms with van der Waals surface area (Å²) in [5.41, 5.74) is 4.37. The van der Waals surface area contributed by atoms with E-state index in [9.17, 15) is 13.2 Å². The summed E-state index contributed by atoms with van der Waals surface area (Å²) in [6.07, 6.45) is 0.658. The van der Waals surface area contributed by atoms with Crippen LogP contribution in [0.25, 0.3) is 11.1 Å². The predicted octanol–water partition coefficient (Wildman–Crippen LogP) is 3.17. The van der Waals surface area contributed by atoms with Crippen LogP contribution in [0, 0.1) is 0 Å². The van der Waals surface area contributed by atoms with Crippen LogP contribution in [0.4, 0.5) is 5.69 Å². The van der Waals surface area contributed by atoms with Gasteiger partial charge in [0, 0.05) is 23.7 Å². The van der Waals surface area contributed by atoms with Crippen LogP contribution in [0.3, 0.4) is 0 Å². The second-order valence-electron chi connectivity index (χ2n) is 7.78. The number of carbonyl (C=O) groups excluding carboxylic acids is 1.